The number of nitrogens with zero attached hydrogens (tertiary/aromatic N) is 1. The summed E-state index contributed by atoms with van der Waals surface area (Å²) in [5.41, 5.74) is 5.11. The van der Waals surface area contributed by atoms with Gasteiger partial charge in [0.2, 0.25) is 0 Å². The summed E-state index contributed by atoms with van der Waals surface area (Å²) in [6, 6.07) is 32.1. The van der Waals surface area contributed by atoms with E-state index in [4.69, 9.17) is 0 Å². The number of hydrogen-bond donors (Lipinski definition) is 0. The number of allylic oxidation sites excluding steroid dienone is 1. The molecular formula is C24H21N. The minimum absolute atomic E-state index is 0.221. The number of aromatic nitrogens is 1. The van der Waals surface area contributed by atoms with E-state index in [9.17, 15) is 0 Å². The van der Waals surface area contributed by atoms with E-state index in [2.05, 4.69) is 115 Å². The molecule has 3 aromatic carbocycles. The summed E-state index contributed by atoms with van der Waals surface area (Å²) in [4.78, 5) is 0. The maximum Gasteiger partial charge on any atom is 0.0480 e. The summed E-state index contributed by atoms with van der Waals surface area (Å²) in [6.45, 7) is 0. The normalized spacial score (nSPS) is 12.7. The zero-order chi connectivity index (χ0) is 17.1. The van der Waals surface area contributed by atoms with E-state index in [0.717, 1.165) is 0 Å². The lowest BCUT2D eigenvalue weighted by Crippen LogP contribution is -2.04. The molecule has 0 spiro atoms. The Morgan fingerprint density at radius 3 is 2.12 bits per heavy atom. The smallest absolute Gasteiger partial charge is 0.0480 e. The highest BCUT2D eigenvalue weighted by Gasteiger charge is 2.16. The van der Waals surface area contributed by atoms with Crippen LogP contribution in [0.3, 0.4) is 0 Å². The largest absolute Gasteiger partial charge is 0.347 e. The maximum absolute atomic E-state index is 2.31. The van der Waals surface area contributed by atoms with Crippen molar-refractivity contribution in [3.63, 3.8) is 0 Å². The lowest BCUT2D eigenvalue weighted by molar-refractivity contribution is 0.833. The molecule has 1 heteroatoms. The molecule has 1 unspecified atom stereocenters. The minimum atomic E-state index is 0.221. The van der Waals surface area contributed by atoms with Crippen molar-refractivity contribution in [2.45, 2.75) is 5.92 Å². The molecule has 1 aromatic heterocycles. The van der Waals surface area contributed by atoms with Gasteiger partial charge in [0.1, 0.15) is 0 Å². The van der Waals surface area contributed by atoms with E-state index in [0.29, 0.717) is 0 Å². The number of benzene rings is 3. The van der Waals surface area contributed by atoms with Crippen LogP contribution in [-0.2, 0) is 7.05 Å². The summed E-state index contributed by atoms with van der Waals surface area (Å²) in [5.74, 6) is 0.221. The molecule has 0 bridgehead atoms. The third-order valence-corrected chi connectivity index (χ3v) is 4.75. The molecule has 4 aromatic rings. The summed E-state index contributed by atoms with van der Waals surface area (Å²) in [7, 11) is 2.16. The van der Waals surface area contributed by atoms with Crippen LogP contribution in [-0.4, -0.2) is 4.57 Å². The van der Waals surface area contributed by atoms with Crippen LogP contribution >= 0.6 is 0 Å². The Bertz CT molecular complexity index is 994. The van der Waals surface area contributed by atoms with Crippen molar-refractivity contribution in [1.29, 1.82) is 0 Å². The summed E-state index contributed by atoms with van der Waals surface area (Å²) in [5, 5.41) is 1.29. The maximum atomic E-state index is 2.31. The summed E-state index contributed by atoms with van der Waals surface area (Å²) >= 11 is 0. The third kappa shape index (κ3) is 3.14. The highest BCUT2D eigenvalue weighted by Crippen LogP contribution is 2.31. The molecule has 1 heterocycles. The molecule has 0 saturated carbocycles. The van der Waals surface area contributed by atoms with Crippen LogP contribution in [0.25, 0.3) is 17.0 Å². The molecule has 0 fully saturated rings. The first-order valence-electron chi connectivity index (χ1n) is 8.65. The van der Waals surface area contributed by atoms with Gasteiger partial charge in [0, 0.05) is 24.2 Å². The Balaban J connectivity index is 1.82. The number of para-hydroxylation sites is 1. The first kappa shape index (κ1) is 15.5. The molecule has 0 aliphatic rings. The van der Waals surface area contributed by atoms with Gasteiger partial charge in [0.05, 0.1) is 0 Å². The Morgan fingerprint density at radius 1 is 0.760 bits per heavy atom. The second-order valence-electron chi connectivity index (χ2n) is 6.35. The predicted octanol–water partition coefficient (Wildman–Crippen LogP) is 6.02. The van der Waals surface area contributed by atoms with E-state index in [1.54, 1.807) is 0 Å². The SMILES string of the molecule is Cn1c(C(/C=C/c2ccccc2)c2ccccc2)cc2ccccc21. The van der Waals surface area contributed by atoms with Gasteiger partial charge in [-0.3, -0.25) is 0 Å². The fourth-order valence-electron chi connectivity index (χ4n) is 3.42. The zero-order valence-corrected chi connectivity index (χ0v) is 14.3. The fourth-order valence-corrected chi connectivity index (χ4v) is 3.42. The molecular weight excluding hydrogens is 302 g/mol. The van der Waals surface area contributed by atoms with Gasteiger partial charge in [-0.05, 0) is 28.6 Å². The van der Waals surface area contributed by atoms with Crippen molar-refractivity contribution in [3.8, 4) is 0 Å². The quantitative estimate of drug-likeness (QED) is 0.432. The van der Waals surface area contributed by atoms with Crippen LogP contribution in [0.4, 0.5) is 0 Å². The topological polar surface area (TPSA) is 4.93 Å². The van der Waals surface area contributed by atoms with Gasteiger partial charge in [-0.1, -0.05) is 91.0 Å². The summed E-state index contributed by atoms with van der Waals surface area (Å²) in [6.07, 6.45) is 4.52. The molecule has 4 rings (SSSR count). The van der Waals surface area contributed by atoms with E-state index >= 15 is 0 Å². The van der Waals surface area contributed by atoms with Crippen molar-refractivity contribution >= 4 is 17.0 Å². The molecule has 0 amide bonds. The molecule has 1 nitrogen and oxygen atoms in total. The molecule has 1 atom stereocenters. The van der Waals surface area contributed by atoms with Crippen molar-refractivity contribution in [2.24, 2.45) is 7.05 Å². The Morgan fingerprint density at radius 2 is 1.40 bits per heavy atom. The van der Waals surface area contributed by atoms with Crippen LogP contribution in [0.15, 0.2) is 97.1 Å². The van der Waals surface area contributed by atoms with Gasteiger partial charge >= 0.3 is 0 Å². The first-order valence-corrected chi connectivity index (χ1v) is 8.65. The number of rotatable bonds is 4. The number of hydrogen-bond acceptors (Lipinski definition) is 0. The lowest BCUT2D eigenvalue weighted by atomic mass is 9.94. The Labute approximate surface area is 148 Å². The van der Waals surface area contributed by atoms with Gasteiger partial charge in [0.25, 0.3) is 0 Å². The van der Waals surface area contributed by atoms with Gasteiger partial charge in [0.15, 0.2) is 0 Å². The van der Waals surface area contributed by atoms with Crippen molar-refractivity contribution in [2.75, 3.05) is 0 Å². The van der Waals surface area contributed by atoms with Crippen LogP contribution < -0.4 is 0 Å². The Hall–Kier alpha value is -3.06. The number of fused-ring (bicyclic) bond motifs is 1. The standard InChI is InChI=1S/C24H21N/c1-25-23-15-9-8-14-21(23)18-24(25)22(20-12-6-3-7-13-20)17-16-19-10-4-2-5-11-19/h2-18,22H,1H3/b17-16+. The van der Waals surface area contributed by atoms with Crippen molar-refractivity contribution in [3.05, 3.63) is 114 Å². The second kappa shape index (κ2) is 6.82. The van der Waals surface area contributed by atoms with E-state index in [1.165, 1.54) is 27.7 Å². The van der Waals surface area contributed by atoms with Crippen LogP contribution in [0.1, 0.15) is 22.7 Å². The highest BCUT2D eigenvalue weighted by atomic mass is 14.9. The predicted molar refractivity (Wildman–Crippen MR) is 107 cm³/mol. The molecule has 0 N–H and O–H groups in total. The second-order valence-corrected chi connectivity index (χ2v) is 6.35. The highest BCUT2D eigenvalue weighted by molar-refractivity contribution is 5.81. The van der Waals surface area contributed by atoms with Gasteiger partial charge in [-0.25, -0.2) is 0 Å². The molecule has 0 aliphatic carbocycles. The van der Waals surface area contributed by atoms with Crippen molar-refractivity contribution in [1.82, 2.24) is 4.57 Å². The fraction of sp³-hybridized carbons (Fsp3) is 0.0833. The lowest BCUT2D eigenvalue weighted by Gasteiger charge is -2.15. The molecule has 0 aliphatic heterocycles. The monoisotopic (exact) mass is 323 g/mol. The molecule has 0 saturated heterocycles. The average Bonchev–Trinajstić information content (AvgIpc) is 3.01. The first-order chi connectivity index (χ1) is 12.3. The van der Waals surface area contributed by atoms with Crippen LogP contribution in [0.5, 0.6) is 0 Å². The Kier molecular flexibility index (Phi) is 4.22. The van der Waals surface area contributed by atoms with E-state index in [-0.39, 0.29) is 5.92 Å². The zero-order valence-electron chi connectivity index (χ0n) is 14.3. The molecule has 122 valence electrons. The van der Waals surface area contributed by atoms with Gasteiger partial charge in [-0.15, -0.1) is 0 Å². The van der Waals surface area contributed by atoms with Crippen LogP contribution in [0.2, 0.25) is 0 Å². The van der Waals surface area contributed by atoms with Crippen molar-refractivity contribution < 1.29 is 0 Å². The average molecular weight is 323 g/mol. The van der Waals surface area contributed by atoms with Gasteiger partial charge < -0.3 is 4.57 Å². The number of aryl methyl sites for hydroxylation is 1. The molecule has 0 radical (unpaired) electrons. The van der Waals surface area contributed by atoms with E-state index < -0.39 is 0 Å². The van der Waals surface area contributed by atoms with E-state index in [1.807, 2.05) is 0 Å². The minimum Gasteiger partial charge on any atom is -0.347 e. The third-order valence-electron chi connectivity index (χ3n) is 4.75. The van der Waals surface area contributed by atoms with Gasteiger partial charge in [-0.2, -0.15) is 0 Å². The molecule has 25 heavy (non-hydrogen) atoms. The van der Waals surface area contributed by atoms with Crippen LogP contribution in [0, 0.1) is 0 Å². The summed E-state index contributed by atoms with van der Waals surface area (Å²) < 4.78 is 2.31.